The van der Waals surface area contributed by atoms with Crippen LogP contribution in [0.3, 0.4) is 0 Å². The van der Waals surface area contributed by atoms with Gasteiger partial charge in [0.15, 0.2) is 5.65 Å². The molecule has 32 heavy (non-hydrogen) atoms. The van der Waals surface area contributed by atoms with Crippen molar-refractivity contribution >= 4 is 22.6 Å². The number of nitrogens with one attached hydrogen (secondary N) is 1. The summed E-state index contributed by atoms with van der Waals surface area (Å²) in [6, 6.07) is 20.6. The van der Waals surface area contributed by atoms with E-state index < -0.39 is 0 Å². The van der Waals surface area contributed by atoms with E-state index in [1.807, 2.05) is 34.9 Å². The molecule has 0 aliphatic heterocycles. The van der Waals surface area contributed by atoms with E-state index in [0.29, 0.717) is 22.3 Å². The first-order chi connectivity index (χ1) is 15.6. The van der Waals surface area contributed by atoms with Crippen LogP contribution in [-0.4, -0.2) is 19.9 Å². The van der Waals surface area contributed by atoms with E-state index in [-0.39, 0.29) is 30.4 Å². The van der Waals surface area contributed by atoms with E-state index in [0.717, 1.165) is 11.1 Å². The molecule has 0 aliphatic carbocycles. The summed E-state index contributed by atoms with van der Waals surface area (Å²) in [5, 5.41) is 2.81. The highest BCUT2D eigenvalue weighted by Crippen LogP contribution is 2.15. The van der Waals surface area contributed by atoms with Gasteiger partial charge in [-0.1, -0.05) is 24.3 Å². The summed E-state index contributed by atoms with van der Waals surface area (Å²) >= 11 is 0. The first-order valence-electron chi connectivity index (χ1n) is 10.2. The average Bonchev–Trinajstić information content (AvgIpc) is 3.31. The zero-order valence-electron chi connectivity index (χ0n) is 17.0. The molecule has 0 spiro atoms. The lowest BCUT2D eigenvalue weighted by Crippen LogP contribution is -2.25. The number of halogens is 1. The fraction of sp³-hybridized carbons (Fsp3) is 0.0800. The van der Waals surface area contributed by atoms with Crippen molar-refractivity contribution in [2.75, 3.05) is 0 Å². The Morgan fingerprint density at radius 3 is 2.62 bits per heavy atom. The van der Waals surface area contributed by atoms with Crippen LogP contribution in [-0.2, 0) is 13.1 Å². The molecule has 0 radical (unpaired) electrons. The molecule has 6 nitrogen and oxygen atoms in total. The maximum absolute atomic E-state index is 13.3. The van der Waals surface area contributed by atoms with Gasteiger partial charge in [-0.25, -0.2) is 9.37 Å². The van der Waals surface area contributed by atoms with Gasteiger partial charge < -0.3 is 9.72 Å². The molecule has 7 heteroatoms. The molecule has 0 fully saturated rings. The second kappa shape index (κ2) is 8.11. The highest BCUT2D eigenvalue weighted by molar-refractivity contribution is 5.94. The number of fused-ring (bicyclic) bond motifs is 3. The molecule has 1 amide bonds. The number of amides is 1. The van der Waals surface area contributed by atoms with E-state index in [9.17, 15) is 14.0 Å². The minimum Gasteiger partial charge on any atom is -0.348 e. The van der Waals surface area contributed by atoms with Crippen molar-refractivity contribution in [1.29, 1.82) is 0 Å². The van der Waals surface area contributed by atoms with Crippen LogP contribution in [0.15, 0.2) is 90.0 Å². The number of benzene rings is 2. The van der Waals surface area contributed by atoms with Gasteiger partial charge in [-0.3, -0.25) is 14.2 Å². The third kappa shape index (κ3) is 3.65. The molecule has 5 rings (SSSR count). The standard InChI is InChI=1S/C25H19FN4O2/c26-20-8-2-5-17(14-20)15-28-24(31)19-7-1-6-18(13-19)16-30-23-21(9-3-11-27-23)29-12-4-10-22(29)25(30)32/h1-14H,15-16H2,(H,28,31). The minimum absolute atomic E-state index is 0.151. The fourth-order valence-corrected chi connectivity index (χ4v) is 3.86. The number of aromatic nitrogens is 3. The first-order valence-corrected chi connectivity index (χ1v) is 10.2. The summed E-state index contributed by atoms with van der Waals surface area (Å²) in [6.07, 6.45) is 3.50. The Morgan fingerprint density at radius 1 is 0.938 bits per heavy atom. The molecule has 0 unspecified atom stereocenters. The zero-order valence-corrected chi connectivity index (χ0v) is 17.0. The Morgan fingerprint density at radius 2 is 1.75 bits per heavy atom. The number of hydrogen-bond acceptors (Lipinski definition) is 3. The predicted molar refractivity (Wildman–Crippen MR) is 120 cm³/mol. The van der Waals surface area contributed by atoms with Crippen LogP contribution >= 0.6 is 0 Å². The Hall–Kier alpha value is -4.26. The van der Waals surface area contributed by atoms with Gasteiger partial charge in [0, 0.05) is 24.5 Å². The van der Waals surface area contributed by atoms with Gasteiger partial charge in [0.05, 0.1) is 12.1 Å². The molecule has 0 saturated heterocycles. The molecular formula is C25H19FN4O2. The van der Waals surface area contributed by atoms with Gasteiger partial charge in [0.1, 0.15) is 11.3 Å². The van der Waals surface area contributed by atoms with Crippen LogP contribution in [0.1, 0.15) is 21.5 Å². The lowest BCUT2D eigenvalue weighted by molar-refractivity contribution is 0.0950. The second-order valence-corrected chi connectivity index (χ2v) is 7.51. The topological polar surface area (TPSA) is 68.4 Å². The van der Waals surface area contributed by atoms with E-state index in [2.05, 4.69) is 10.3 Å². The van der Waals surface area contributed by atoms with Crippen LogP contribution in [0.5, 0.6) is 0 Å². The first kappa shape index (κ1) is 19.7. The molecule has 0 saturated carbocycles. The zero-order chi connectivity index (χ0) is 22.1. The lowest BCUT2D eigenvalue weighted by Gasteiger charge is -2.12. The summed E-state index contributed by atoms with van der Waals surface area (Å²) in [6.45, 7) is 0.499. The van der Waals surface area contributed by atoms with E-state index in [1.165, 1.54) is 12.1 Å². The molecule has 5 aromatic rings. The van der Waals surface area contributed by atoms with Crippen molar-refractivity contribution in [2.45, 2.75) is 13.1 Å². The van der Waals surface area contributed by atoms with Gasteiger partial charge in [-0.05, 0) is 59.7 Å². The lowest BCUT2D eigenvalue weighted by atomic mass is 10.1. The highest BCUT2D eigenvalue weighted by Gasteiger charge is 2.13. The Balaban J connectivity index is 1.44. The number of pyridine rings is 1. The van der Waals surface area contributed by atoms with Crippen LogP contribution in [0.25, 0.3) is 16.7 Å². The molecule has 2 aromatic carbocycles. The number of rotatable bonds is 5. The van der Waals surface area contributed by atoms with Crippen molar-refractivity contribution in [2.24, 2.45) is 0 Å². The molecular weight excluding hydrogens is 407 g/mol. The SMILES string of the molecule is O=C(NCc1cccc(F)c1)c1cccc(Cn2c(=O)c3cccn3c3cccnc32)c1. The van der Waals surface area contributed by atoms with Crippen molar-refractivity contribution < 1.29 is 9.18 Å². The monoisotopic (exact) mass is 426 g/mol. The van der Waals surface area contributed by atoms with Crippen LogP contribution in [0.2, 0.25) is 0 Å². The highest BCUT2D eigenvalue weighted by atomic mass is 19.1. The predicted octanol–water partition coefficient (Wildman–Crippen LogP) is 3.77. The quantitative estimate of drug-likeness (QED) is 0.465. The van der Waals surface area contributed by atoms with Crippen LogP contribution < -0.4 is 10.9 Å². The van der Waals surface area contributed by atoms with Crippen LogP contribution in [0, 0.1) is 5.82 Å². The third-order valence-corrected chi connectivity index (χ3v) is 5.37. The maximum atomic E-state index is 13.3. The summed E-state index contributed by atoms with van der Waals surface area (Å²) in [7, 11) is 0. The fourth-order valence-electron chi connectivity index (χ4n) is 3.86. The molecule has 0 atom stereocenters. The van der Waals surface area contributed by atoms with Gasteiger partial charge in [0.25, 0.3) is 11.5 Å². The average molecular weight is 426 g/mol. The number of nitrogens with zero attached hydrogens (tertiary/aromatic N) is 3. The van der Waals surface area contributed by atoms with Crippen molar-refractivity contribution in [3.63, 3.8) is 0 Å². The Labute approximate surface area is 182 Å². The number of carbonyl (C=O) groups is 1. The summed E-state index contributed by atoms with van der Waals surface area (Å²) in [5.41, 5.74) is 3.76. The Kier molecular flexibility index (Phi) is 4.99. The summed E-state index contributed by atoms with van der Waals surface area (Å²) in [4.78, 5) is 30.2. The van der Waals surface area contributed by atoms with Gasteiger partial charge >= 0.3 is 0 Å². The molecule has 0 aliphatic rings. The van der Waals surface area contributed by atoms with Gasteiger partial charge in [-0.15, -0.1) is 0 Å². The Bertz CT molecular complexity index is 1520. The van der Waals surface area contributed by atoms with Crippen molar-refractivity contribution in [3.05, 3.63) is 118 Å². The summed E-state index contributed by atoms with van der Waals surface area (Å²) in [5.74, 6) is -0.613. The molecule has 158 valence electrons. The molecule has 3 heterocycles. The van der Waals surface area contributed by atoms with Crippen molar-refractivity contribution in [1.82, 2.24) is 19.3 Å². The molecule has 3 aromatic heterocycles. The minimum atomic E-state index is -0.343. The largest absolute Gasteiger partial charge is 0.348 e. The maximum Gasteiger partial charge on any atom is 0.276 e. The molecule has 0 bridgehead atoms. The normalized spacial score (nSPS) is 11.2. The van der Waals surface area contributed by atoms with E-state index in [4.69, 9.17) is 0 Å². The second-order valence-electron chi connectivity index (χ2n) is 7.51. The summed E-state index contributed by atoms with van der Waals surface area (Å²) < 4.78 is 16.8. The van der Waals surface area contributed by atoms with E-state index in [1.54, 1.807) is 47.2 Å². The number of carbonyl (C=O) groups excluding carboxylic acids is 1. The number of hydrogen-bond donors (Lipinski definition) is 1. The van der Waals surface area contributed by atoms with Gasteiger partial charge in [-0.2, -0.15) is 0 Å². The third-order valence-electron chi connectivity index (χ3n) is 5.37. The van der Waals surface area contributed by atoms with Crippen LogP contribution in [0.4, 0.5) is 4.39 Å². The van der Waals surface area contributed by atoms with E-state index >= 15 is 0 Å². The molecule has 1 N–H and O–H groups in total. The van der Waals surface area contributed by atoms with Crippen molar-refractivity contribution in [3.8, 4) is 0 Å². The van der Waals surface area contributed by atoms with Gasteiger partial charge in [0.2, 0.25) is 0 Å². The smallest absolute Gasteiger partial charge is 0.276 e.